The van der Waals surface area contributed by atoms with E-state index in [1.165, 1.54) is 0 Å². The molecule has 1 atom stereocenters. The van der Waals surface area contributed by atoms with Crippen molar-refractivity contribution >= 4 is 5.97 Å². The molecule has 0 bridgehead atoms. The molecule has 0 rings (SSSR count). The molecule has 0 saturated heterocycles. The molecule has 0 spiro atoms. The first-order valence-corrected chi connectivity index (χ1v) is 4.47. The van der Waals surface area contributed by atoms with Crippen LogP contribution in [-0.4, -0.2) is 43.1 Å². The second-order valence-electron chi connectivity index (χ2n) is 2.98. The topological polar surface area (TPSA) is 58.6 Å². The Labute approximate surface area is 85.4 Å². The lowest BCUT2D eigenvalue weighted by Gasteiger charge is -2.14. The highest BCUT2D eigenvalue weighted by Crippen LogP contribution is 2.14. The molecular formula is C8H14F3NO3. The Bertz CT molecular complexity index is 196. The molecular weight excluding hydrogens is 215 g/mol. The van der Waals surface area contributed by atoms with Crippen molar-refractivity contribution in [2.75, 3.05) is 19.8 Å². The van der Waals surface area contributed by atoms with E-state index in [1.807, 2.05) is 6.92 Å². The number of nitrogens with one attached hydrogen (secondary N) is 1. The van der Waals surface area contributed by atoms with Crippen LogP contribution in [0.15, 0.2) is 0 Å². The molecule has 0 amide bonds. The Kier molecular flexibility index (Phi) is 6.26. The normalized spacial score (nSPS) is 13.9. The van der Waals surface area contributed by atoms with Crippen LogP contribution >= 0.6 is 0 Å². The van der Waals surface area contributed by atoms with Gasteiger partial charge in [0.25, 0.3) is 0 Å². The van der Waals surface area contributed by atoms with Crippen LogP contribution in [0.25, 0.3) is 0 Å². The lowest BCUT2D eigenvalue weighted by atomic mass is 10.3. The first-order chi connectivity index (χ1) is 6.87. The quantitative estimate of drug-likeness (QED) is 0.684. The molecule has 0 saturated carbocycles. The van der Waals surface area contributed by atoms with Gasteiger partial charge in [-0.2, -0.15) is 13.2 Å². The van der Waals surface area contributed by atoms with E-state index < -0.39 is 31.4 Å². The highest BCUT2D eigenvalue weighted by molar-refractivity contribution is 5.73. The summed E-state index contributed by atoms with van der Waals surface area (Å²) in [5.74, 6) is -1.22. The number of hydrogen-bond acceptors (Lipinski definition) is 3. The van der Waals surface area contributed by atoms with Gasteiger partial charge in [0.2, 0.25) is 0 Å². The lowest BCUT2D eigenvalue weighted by molar-refractivity contribution is -0.177. The van der Waals surface area contributed by atoms with Crippen LogP contribution < -0.4 is 5.32 Å². The molecule has 0 aromatic carbocycles. The van der Waals surface area contributed by atoms with E-state index in [0.29, 0.717) is 13.0 Å². The van der Waals surface area contributed by atoms with E-state index in [-0.39, 0.29) is 0 Å². The molecule has 0 radical (unpaired) electrons. The first kappa shape index (κ1) is 14.2. The number of alkyl halides is 3. The van der Waals surface area contributed by atoms with Crippen LogP contribution in [-0.2, 0) is 9.53 Å². The van der Waals surface area contributed by atoms with Crippen molar-refractivity contribution in [3.63, 3.8) is 0 Å². The predicted octanol–water partition coefficient (Wildman–Crippen LogP) is 1.02. The van der Waals surface area contributed by atoms with Gasteiger partial charge in [0.1, 0.15) is 12.6 Å². The standard InChI is InChI=1S/C8H14F3NO3/c1-2-3-12-6(7(13)14)4-15-5-8(9,10)11/h6,12H,2-5H2,1H3,(H,13,14). The fourth-order valence-electron chi connectivity index (χ4n) is 0.829. The first-order valence-electron chi connectivity index (χ1n) is 4.47. The Morgan fingerprint density at radius 2 is 2.13 bits per heavy atom. The largest absolute Gasteiger partial charge is 0.480 e. The number of ether oxygens (including phenoxy) is 1. The number of carboxylic acids is 1. The van der Waals surface area contributed by atoms with Crippen LogP contribution in [0.5, 0.6) is 0 Å². The van der Waals surface area contributed by atoms with Gasteiger partial charge in [-0.05, 0) is 13.0 Å². The molecule has 7 heteroatoms. The van der Waals surface area contributed by atoms with Crippen molar-refractivity contribution in [2.24, 2.45) is 0 Å². The van der Waals surface area contributed by atoms with E-state index in [4.69, 9.17) is 5.11 Å². The van der Waals surface area contributed by atoms with Crippen LogP contribution in [0, 0.1) is 0 Å². The maximum absolute atomic E-state index is 11.7. The third-order valence-electron chi connectivity index (χ3n) is 1.49. The summed E-state index contributed by atoms with van der Waals surface area (Å²) < 4.78 is 39.2. The number of aliphatic carboxylic acids is 1. The molecule has 0 aliphatic heterocycles. The van der Waals surface area contributed by atoms with Crippen molar-refractivity contribution in [2.45, 2.75) is 25.6 Å². The van der Waals surface area contributed by atoms with E-state index in [1.54, 1.807) is 0 Å². The number of hydrogen-bond donors (Lipinski definition) is 2. The summed E-state index contributed by atoms with van der Waals surface area (Å²) in [4.78, 5) is 10.5. The Morgan fingerprint density at radius 1 is 1.53 bits per heavy atom. The SMILES string of the molecule is CCCNC(COCC(F)(F)F)C(=O)O. The fraction of sp³-hybridized carbons (Fsp3) is 0.875. The average Bonchev–Trinajstić information content (AvgIpc) is 2.08. The maximum atomic E-state index is 11.7. The van der Waals surface area contributed by atoms with Gasteiger partial charge in [-0.15, -0.1) is 0 Å². The fourth-order valence-corrected chi connectivity index (χ4v) is 0.829. The van der Waals surface area contributed by atoms with Crippen molar-refractivity contribution in [1.29, 1.82) is 0 Å². The minimum absolute atomic E-state index is 0.423. The average molecular weight is 229 g/mol. The molecule has 0 aromatic heterocycles. The van der Waals surface area contributed by atoms with Crippen molar-refractivity contribution in [3.05, 3.63) is 0 Å². The zero-order valence-electron chi connectivity index (χ0n) is 8.30. The van der Waals surface area contributed by atoms with Crippen molar-refractivity contribution < 1.29 is 27.8 Å². The van der Waals surface area contributed by atoms with Crippen LogP contribution in [0.4, 0.5) is 13.2 Å². The number of carboxylic acid groups (broad SMARTS) is 1. The minimum atomic E-state index is -4.42. The zero-order chi connectivity index (χ0) is 11.9. The lowest BCUT2D eigenvalue weighted by Crippen LogP contribution is -2.41. The molecule has 0 fully saturated rings. The summed E-state index contributed by atoms with van der Waals surface area (Å²) in [6.07, 6.45) is -3.73. The molecule has 0 aromatic rings. The van der Waals surface area contributed by atoms with E-state index in [9.17, 15) is 18.0 Å². The van der Waals surface area contributed by atoms with Gasteiger partial charge in [0, 0.05) is 0 Å². The molecule has 0 aliphatic carbocycles. The number of rotatable bonds is 7. The smallest absolute Gasteiger partial charge is 0.411 e. The monoisotopic (exact) mass is 229 g/mol. The van der Waals surface area contributed by atoms with Crippen LogP contribution in [0.2, 0.25) is 0 Å². The van der Waals surface area contributed by atoms with Crippen LogP contribution in [0.1, 0.15) is 13.3 Å². The molecule has 0 aliphatic rings. The van der Waals surface area contributed by atoms with Gasteiger partial charge < -0.3 is 15.2 Å². The van der Waals surface area contributed by atoms with Gasteiger partial charge in [-0.3, -0.25) is 4.79 Å². The maximum Gasteiger partial charge on any atom is 0.411 e. The summed E-state index contributed by atoms with van der Waals surface area (Å²) in [6, 6.07) is -1.09. The summed E-state index contributed by atoms with van der Waals surface area (Å²) in [5, 5.41) is 11.2. The second kappa shape index (κ2) is 6.62. The summed E-state index contributed by atoms with van der Waals surface area (Å²) in [6.45, 7) is 0.328. The van der Waals surface area contributed by atoms with Gasteiger partial charge >= 0.3 is 12.1 Å². The third kappa shape index (κ3) is 8.19. The second-order valence-corrected chi connectivity index (χ2v) is 2.98. The number of carbonyl (C=O) groups is 1. The van der Waals surface area contributed by atoms with Gasteiger partial charge in [-0.1, -0.05) is 6.92 Å². The zero-order valence-corrected chi connectivity index (χ0v) is 8.30. The minimum Gasteiger partial charge on any atom is -0.480 e. The van der Waals surface area contributed by atoms with E-state index in [0.717, 1.165) is 0 Å². The molecule has 4 nitrogen and oxygen atoms in total. The number of halogens is 3. The van der Waals surface area contributed by atoms with Gasteiger partial charge in [-0.25, -0.2) is 0 Å². The molecule has 90 valence electrons. The van der Waals surface area contributed by atoms with Crippen molar-refractivity contribution in [1.82, 2.24) is 5.32 Å². The highest BCUT2D eigenvalue weighted by atomic mass is 19.4. The third-order valence-corrected chi connectivity index (χ3v) is 1.49. The van der Waals surface area contributed by atoms with E-state index in [2.05, 4.69) is 10.1 Å². The molecule has 15 heavy (non-hydrogen) atoms. The molecule has 1 unspecified atom stereocenters. The van der Waals surface area contributed by atoms with Crippen LogP contribution in [0.3, 0.4) is 0 Å². The van der Waals surface area contributed by atoms with E-state index >= 15 is 0 Å². The molecule has 0 heterocycles. The Morgan fingerprint density at radius 3 is 2.53 bits per heavy atom. The van der Waals surface area contributed by atoms with Crippen molar-refractivity contribution in [3.8, 4) is 0 Å². The summed E-state index contributed by atoms with van der Waals surface area (Å²) >= 11 is 0. The summed E-state index contributed by atoms with van der Waals surface area (Å²) in [7, 11) is 0. The Balaban J connectivity index is 3.81. The summed E-state index contributed by atoms with van der Waals surface area (Å²) in [5.41, 5.74) is 0. The Hall–Kier alpha value is -0.820. The molecule has 2 N–H and O–H groups in total. The predicted molar refractivity (Wildman–Crippen MR) is 46.6 cm³/mol. The van der Waals surface area contributed by atoms with Gasteiger partial charge in [0.15, 0.2) is 0 Å². The van der Waals surface area contributed by atoms with Gasteiger partial charge in [0.05, 0.1) is 6.61 Å². The highest BCUT2D eigenvalue weighted by Gasteiger charge is 2.28.